The monoisotopic (exact) mass is 247 g/mol. The van der Waals surface area contributed by atoms with E-state index in [1.807, 2.05) is 12.1 Å². The number of pyridine rings is 1. The molecule has 0 aliphatic rings. The van der Waals surface area contributed by atoms with Gasteiger partial charge in [-0.2, -0.15) is 0 Å². The van der Waals surface area contributed by atoms with E-state index < -0.39 is 0 Å². The van der Waals surface area contributed by atoms with Crippen LogP contribution in [0.25, 0.3) is 11.0 Å². The number of hydrogen-bond donors (Lipinski definition) is 2. The average Bonchev–Trinajstić information content (AvgIpc) is 2.82. The standard InChI is InChI=1S/C14H21N3O/c1-14(2,6-3-7-15)10-17-13-11-5-9-18-12(11)4-8-16-13/h4-5,8-9H,3,6-7,10,15H2,1-2H3,(H,16,17). The summed E-state index contributed by atoms with van der Waals surface area (Å²) in [6.45, 7) is 6.11. The maximum Gasteiger partial charge on any atom is 0.139 e. The Hall–Kier alpha value is -1.55. The Bertz CT molecular complexity index is 504. The van der Waals surface area contributed by atoms with Crippen LogP contribution >= 0.6 is 0 Å². The zero-order chi connectivity index (χ0) is 13.0. The van der Waals surface area contributed by atoms with Gasteiger partial charge >= 0.3 is 0 Å². The minimum atomic E-state index is 0.215. The fourth-order valence-electron chi connectivity index (χ4n) is 2.03. The Kier molecular flexibility index (Phi) is 3.87. The van der Waals surface area contributed by atoms with E-state index in [1.54, 1.807) is 12.5 Å². The first-order valence-electron chi connectivity index (χ1n) is 6.38. The van der Waals surface area contributed by atoms with Gasteiger partial charge in [-0.15, -0.1) is 0 Å². The van der Waals surface area contributed by atoms with Crippen molar-refractivity contribution < 1.29 is 4.42 Å². The molecule has 0 unspecified atom stereocenters. The number of nitrogens with two attached hydrogens (primary N) is 1. The van der Waals surface area contributed by atoms with Crippen LogP contribution in [0, 0.1) is 5.41 Å². The van der Waals surface area contributed by atoms with Crippen molar-refractivity contribution in [1.29, 1.82) is 0 Å². The Labute approximate surface area is 108 Å². The second-order valence-corrected chi connectivity index (χ2v) is 5.40. The first-order valence-corrected chi connectivity index (χ1v) is 6.38. The molecule has 0 saturated carbocycles. The van der Waals surface area contributed by atoms with Gasteiger partial charge in [0, 0.05) is 12.7 Å². The number of anilines is 1. The molecule has 2 heterocycles. The highest BCUT2D eigenvalue weighted by molar-refractivity contribution is 5.87. The molecule has 2 aromatic rings. The Morgan fingerprint density at radius 3 is 3.00 bits per heavy atom. The van der Waals surface area contributed by atoms with E-state index in [9.17, 15) is 0 Å². The van der Waals surface area contributed by atoms with E-state index in [0.717, 1.165) is 42.7 Å². The van der Waals surface area contributed by atoms with E-state index in [2.05, 4.69) is 24.1 Å². The molecule has 4 nitrogen and oxygen atoms in total. The number of nitrogens with zero attached hydrogens (tertiary/aromatic N) is 1. The van der Waals surface area contributed by atoms with Crippen LogP contribution in [0.15, 0.2) is 29.0 Å². The molecular formula is C14H21N3O. The van der Waals surface area contributed by atoms with Crippen molar-refractivity contribution in [2.45, 2.75) is 26.7 Å². The number of fused-ring (bicyclic) bond motifs is 1. The third-order valence-electron chi connectivity index (χ3n) is 3.17. The third kappa shape index (κ3) is 3.01. The molecule has 0 radical (unpaired) electrons. The van der Waals surface area contributed by atoms with Crippen molar-refractivity contribution in [3.63, 3.8) is 0 Å². The molecule has 0 bridgehead atoms. The van der Waals surface area contributed by atoms with Crippen LogP contribution in [0.5, 0.6) is 0 Å². The van der Waals surface area contributed by atoms with E-state index in [0.29, 0.717) is 0 Å². The topological polar surface area (TPSA) is 64.1 Å². The summed E-state index contributed by atoms with van der Waals surface area (Å²) in [4.78, 5) is 4.37. The summed E-state index contributed by atoms with van der Waals surface area (Å²) in [5.74, 6) is 0.891. The highest BCUT2D eigenvalue weighted by Crippen LogP contribution is 2.25. The van der Waals surface area contributed by atoms with Crippen LogP contribution in [-0.2, 0) is 0 Å². The normalized spacial score (nSPS) is 11.9. The summed E-state index contributed by atoms with van der Waals surface area (Å²) in [6.07, 6.45) is 5.62. The van der Waals surface area contributed by atoms with Crippen LogP contribution in [0.1, 0.15) is 26.7 Å². The molecule has 98 valence electrons. The maximum absolute atomic E-state index is 5.56. The Morgan fingerprint density at radius 2 is 2.22 bits per heavy atom. The number of hydrogen-bond acceptors (Lipinski definition) is 4. The molecule has 0 aliphatic carbocycles. The molecule has 0 saturated heterocycles. The largest absolute Gasteiger partial charge is 0.464 e. The summed E-state index contributed by atoms with van der Waals surface area (Å²) in [5.41, 5.74) is 6.64. The summed E-state index contributed by atoms with van der Waals surface area (Å²) in [6, 6.07) is 3.82. The second kappa shape index (κ2) is 5.40. The molecule has 4 heteroatoms. The van der Waals surface area contributed by atoms with Crippen LogP contribution in [0.2, 0.25) is 0 Å². The highest BCUT2D eigenvalue weighted by atomic mass is 16.3. The quantitative estimate of drug-likeness (QED) is 0.823. The summed E-state index contributed by atoms with van der Waals surface area (Å²) < 4.78 is 5.36. The Morgan fingerprint density at radius 1 is 1.39 bits per heavy atom. The van der Waals surface area contributed by atoms with Crippen molar-refractivity contribution >= 4 is 16.8 Å². The molecule has 0 fully saturated rings. The minimum Gasteiger partial charge on any atom is -0.464 e. The number of nitrogens with one attached hydrogen (secondary N) is 1. The second-order valence-electron chi connectivity index (χ2n) is 5.40. The van der Waals surface area contributed by atoms with Crippen LogP contribution in [0.4, 0.5) is 5.82 Å². The van der Waals surface area contributed by atoms with Gasteiger partial charge in [-0.05, 0) is 36.9 Å². The smallest absolute Gasteiger partial charge is 0.139 e. The molecule has 0 aliphatic heterocycles. The van der Waals surface area contributed by atoms with Gasteiger partial charge < -0.3 is 15.5 Å². The first-order chi connectivity index (χ1) is 8.62. The number of furan rings is 1. The maximum atomic E-state index is 5.56. The summed E-state index contributed by atoms with van der Waals surface area (Å²) >= 11 is 0. The van der Waals surface area contributed by atoms with Gasteiger partial charge in [0.05, 0.1) is 11.6 Å². The molecule has 0 amide bonds. The molecule has 0 spiro atoms. The Balaban J connectivity index is 2.03. The fraction of sp³-hybridized carbons (Fsp3) is 0.500. The fourth-order valence-corrected chi connectivity index (χ4v) is 2.03. The van der Waals surface area contributed by atoms with Crippen LogP contribution in [-0.4, -0.2) is 18.1 Å². The van der Waals surface area contributed by atoms with Crippen LogP contribution < -0.4 is 11.1 Å². The van der Waals surface area contributed by atoms with Gasteiger partial charge in [0.15, 0.2) is 0 Å². The summed E-state index contributed by atoms with van der Waals surface area (Å²) in [7, 11) is 0. The van der Waals surface area contributed by atoms with E-state index in [1.165, 1.54) is 0 Å². The number of aromatic nitrogens is 1. The van der Waals surface area contributed by atoms with Gasteiger partial charge in [-0.1, -0.05) is 13.8 Å². The van der Waals surface area contributed by atoms with Gasteiger partial charge in [-0.25, -0.2) is 4.98 Å². The predicted octanol–water partition coefficient (Wildman–Crippen LogP) is 3.00. The summed E-state index contributed by atoms with van der Waals surface area (Å²) in [5, 5.41) is 4.45. The van der Waals surface area contributed by atoms with Crippen LogP contribution in [0.3, 0.4) is 0 Å². The average molecular weight is 247 g/mol. The molecule has 2 rings (SSSR count). The van der Waals surface area contributed by atoms with Gasteiger partial charge in [0.1, 0.15) is 11.4 Å². The highest BCUT2D eigenvalue weighted by Gasteiger charge is 2.17. The van der Waals surface area contributed by atoms with E-state index in [4.69, 9.17) is 10.2 Å². The zero-order valence-corrected chi connectivity index (χ0v) is 11.1. The van der Waals surface area contributed by atoms with Gasteiger partial charge in [-0.3, -0.25) is 0 Å². The molecule has 0 aromatic carbocycles. The van der Waals surface area contributed by atoms with E-state index >= 15 is 0 Å². The molecule has 3 N–H and O–H groups in total. The SMILES string of the molecule is CC(C)(CCCN)CNc1nccc2occc12. The predicted molar refractivity (Wildman–Crippen MR) is 74.6 cm³/mol. The third-order valence-corrected chi connectivity index (χ3v) is 3.17. The van der Waals surface area contributed by atoms with Gasteiger partial charge in [0.2, 0.25) is 0 Å². The van der Waals surface area contributed by atoms with Crippen molar-refractivity contribution in [2.75, 3.05) is 18.4 Å². The zero-order valence-electron chi connectivity index (χ0n) is 11.1. The molecule has 0 atom stereocenters. The first kappa shape index (κ1) is 12.9. The number of rotatable bonds is 6. The van der Waals surface area contributed by atoms with Crippen molar-refractivity contribution in [3.05, 3.63) is 24.6 Å². The van der Waals surface area contributed by atoms with Gasteiger partial charge in [0.25, 0.3) is 0 Å². The van der Waals surface area contributed by atoms with Crippen molar-refractivity contribution in [3.8, 4) is 0 Å². The lowest BCUT2D eigenvalue weighted by molar-refractivity contribution is 0.350. The van der Waals surface area contributed by atoms with Crippen molar-refractivity contribution in [2.24, 2.45) is 11.1 Å². The lowest BCUT2D eigenvalue weighted by atomic mass is 9.88. The van der Waals surface area contributed by atoms with Crippen molar-refractivity contribution in [1.82, 2.24) is 4.98 Å². The lowest BCUT2D eigenvalue weighted by Crippen LogP contribution is -2.24. The van der Waals surface area contributed by atoms with E-state index in [-0.39, 0.29) is 5.41 Å². The molecule has 18 heavy (non-hydrogen) atoms. The molecule has 2 aromatic heterocycles. The lowest BCUT2D eigenvalue weighted by Gasteiger charge is -2.25. The minimum absolute atomic E-state index is 0.215. The molecular weight excluding hydrogens is 226 g/mol.